The summed E-state index contributed by atoms with van der Waals surface area (Å²) in [6.07, 6.45) is -1.65. The first-order chi connectivity index (χ1) is 9.97. The molecule has 2 atom stereocenters. The van der Waals surface area contributed by atoms with E-state index in [1.807, 2.05) is 13.8 Å². The molecule has 0 saturated carbocycles. The van der Waals surface area contributed by atoms with Crippen LogP contribution in [0.25, 0.3) is 0 Å². The van der Waals surface area contributed by atoms with Crippen LogP contribution in [-0.4, -0.2) is 46.6 Å². The highest BCUT2D eigenvalue weighted by atomic mass is 16.5. The predicted octanol–water partition coefficient (Wildman–Crippen LogP) is 0.282. The van der Waals surface area contributed by atoms with E-state index in [1.54, 1.807) is 18.2 Å². The number of nitrogens with zero attached hydrogens (tertiary/aromatic N) is 1. The number of carbonyl (C=O) groups is 1. The lowest BCUT2D eigenvalue weighted by Crippen LogP contribution is -2.51. The molecule has 0 spiro atoms. The van der Waals surface area contributed by atoms with Crippen molar-refractivity contribution in [2.75, 3.05) is 18.1 Å². The molecule has 21 heavy (non-hydrogen) atoms. The van der Waals surface area contributed by atoms with Crippen LogP contribution in [0.2, 0.25) is 0 Å². The van der Waals surface area contributed by atoms with Gasteiger partial charge in [0, 0.05) is 0 Å². The van der Waals surface area contributed by atoms with Gasteiger partial charge in [0.15, 0.2) is 6.10 Å². The number of anilines is 1. The molecule has 0 radical (unpaired) electrons. The number of carbonyl (C=O) groups excluding carboxylic acids is 1. The second kappa shape index (κ2) is 6.43. The van der Waals surface area contributed by atoms with Crippen LogP contribution in [-0.2, 0) is 11.4 Å². The first-order valence-electron chi connectivity index (χ1n) is 6.98. The molecule has 0 aromatic heterocycles. The smallest absolute Gasteiger partial charge is 0.268 e. The van der Waals surface area contributed by atoms with Gasteiger partial charge in [-0.05, 0) is 23.6 Å². The van der Waals surface area contributed by atoms with Gasteiger partial charge in [-0.15, -0.1) is 0 Å². The largest absolute Gasteiger partial charge is 0.478 e. The van der Waals surface area contributed by atoms with E-state index in [2.05, 4.69) is 0 Å². The average molecular weight is 295 g/mol. The highest BCUT2D eigenvalue weighted by Gasteiger charge is 2.37. The summed E-state index contributed by atoms with van der Waals surface area (Å²) in [5.41, 5.74) is 1.23. The van der Waals surface area contributed by atoms with Gasteiger partial charge in [-0.3, -0.25) is 4.79 Å². The second-order valence-electron chi connectivity index (χ2n) is 5.53. The van der Waals surface area contributed by atoms with E-state index in [0.29, 0.717) is 17.0 Å². The van der Waals surface area contributed by atoms with Gasteiger partial charge >= 0.3 is 0 Å². The number of fused-ring (bicyclic) bond motifs is 1. The van der Waals surface area contributed by atoms with E-state index >= 15 is 0 Å². The summed E-state index contributed by atoms with van der Waals surface area (Å²) >= 11 is 0. The molecule has 6 heteroatoms. The first kappa shape index (κ1) is 15.8. The normalized spacial score (nSPS) is 19.4. The van der Waals surface area contributed by atoms with Gasteiger partial charge in [-0.25, -0.2) is 0 Å². The maximum atomic E-state index is 12.5. The molecule has 0 aliphatic carbocycles. The standard InChI is InChI=1S/C15H21NO5/c1-9(2)14-15(20)16(6-11(19)8-18)12-4-3-10(7-17)5-13(12)21-14/h3-5,9,11,14,17-19H,6-8H2,1-2H3. The zero-order valence-corrected chi connectivity index (χ0v) is 12.2. The van der Waals surface area contributed by atoms with Crippen LogP contribution in [0.3, 0.4) is 0 Å². The molecule has 116 valence electrons. The Labute approximate surface area is 123 Å². The predicted molar refractivity (Wildman–Crippen MR) is 77.1 cm³/mol. The lowest BCUT2D eigenvalue weighted by atomic mass is 10.0. The van der Waals surface area contributed by atoms with E-state index in [4.69, 9.17) is 9.84 Å². The number of hydrogen-bond acceptors (Lipinski definition) is 5. The maximum Gasteiger partial charge on any atom is 0.268 e. The molecule has 0 bridgehead atoms. The van der Waals surface area contributed by atoms with E-state index in [9.17, 15) is 15.0 Å². The van der Waals surface area contributed by atoms with Crippen molar-refractivity contribution in [3.63, 3.8) is 0 Å². The van der Waals surface area contributed by atoms with Crippen LogP contribution >= 0.6 is 0 Å². The minimum absolute atomic E-state index is 0.00733. The summed E-state index contributed by atoms with van der Waals surface area (Å²) in [5.74, 6) is 0.240. The molecule has 2 unspecified atom stereocenters. The van der Waals surface area contributed by atoms with Crippen molar-refractivity contribution < 1.29 is 24.9 Å². The third-order valence-electron chi connectivity index (χ3n) is 3.47. The topological polar surface area (TPSA) is 90.2 Å². The fraction of sp³-hybridized carbons (Fsp3) is 0.533. The van der Waals surface area contributed by atoms with E-state index in [1.165, 1.54) is 4.90 Å². The van der Waals surface area contributed by atoms with Crippen molar-refractivity contribution >= 4 is 11.6 Å². The summed E-state index contributed by atoms with van der Waals surface area (Å²) < 4.78 is 5.75. The Balaban J connectivity index is 2.40. The molecular formula is C15H21NO5. The molecule has 6 nitrogen and oxygen atoms in total. The van der Waals surface area contributed by atoms with Crippen LogP contribution < -0.4 is 9.64 Å². The molecular weight excluding hydrogens is 274 g/mol. The van der Waals surface area contributed by atoms with Gasteiger partial charge in [0.1, 0.15) is 5.75 Å². The Bertz CT molecular complexity index is 517. The molecule has 1 aliphatic heterocycles. The summed E-state index contributed by atoms with van der Waals surface area (Å²) in [6.45, 7) is 3.23. The second-order valence-corrected chi connectivity index (χ2v) is 5.53. The van der Waals surface area contributed by atoms with Gasteiger partial charge in [0.2, 0.25) is 0 Å². The SMILES string of the molecule is CC(C)C1Oc2cc(CO)ccc2N(CC(O)CO)C1=O. The monoisotopic (exact) mass is 295 g/mol. The van der Waals surface area contributed by atoms with E-state index in [-0.39, 0.29) is 25.0 Å². The minimum atomic E-state index is -1.01. The summed E-state index contributed by atoms with van der Waals surface area (Å²) in [4.78, 5) is 13.9. The molecule has 3 N–H and O–H groups in total. The number of β-amino-alcohol motifs (C(OH)–C–C–N with tert-alkyl or cyclic N) is 1. The third-order valence-corrected chi connectivity index (χ3v) is 3.47. The van der Waals surface area contributed by atoms with Crippen molar-refractivity contribution in [2.24, 2.45) is 5.92 Å². The van der Waals surface area contributed by atoms with Gasteiger partial charge in [0.25, 0.3) is 5.91 Å². The van der Waals surface area contributed by atoms with Crippen molar-refractivity contribution in [3.05, 3.63) is 23.8 Å². The first-order valence-corrected chi connectivity index (χ1v) is 6.98. The van der Waals surface area contributed by atoms with Gasteiger partial charge in [0.05, 0.1) is 31.5 Å². The quantitative estimate of drug-likeness (QED) is 0.726. The molecule has 1 aliphatic rings. The number of benzene rings is 1. The number of aliphatic hydroxyl groups excluding tert-OH is 3. The number of aliphatic hydroxyl groups is 3. The van der Waals surface area contributed by atoms with Gasteiger partial charge < -0.3 is 25.0 Å². The van der Waals surface area contributed by atoms with Crippen molar-refractivity contribution in [3.8, 4) is 5.75 Å². The summed E-state index contributed by atoms with van der Waals surface area (Å²) in [5, 5.41) is 27.9. The number of rotatable bonds is 5. The number of ether oxygens (including phenoxy) is 1. The summed E-state index contributed by atoms with van der Waals surface area (Å²) in [6, 6.07) is 5.07. The highest BCUT2D eigenvalue weighted by molar-refractivity contribution is 6.00. The van der Waals surface area contributed by atoms with Crippen molar-refractivity contribution in [1.82, 2.24) is 0 Å². The van der Waals surface area contributed by atoms with Crippen LogP contribution in [0.1, 0.15) is 19.4 Å². The molecule has 0 fully saturated rings. The van der Waals surface area contributed by atoms with Crippen LogP contribution in [0, 0.1) is 5.92 Å². The molecule has 1 heterocycles. The Morgan fingerprint density at radius 1 is 1.33 bits per heavy atom. The van der Waals surface area contributed by atoms with E-state index in [0.717, 1.165) is 0 Å². The Morgan fingerprint density at radius 3 is 2.62 bits per heavy atom. The Kier molecular flexibility index (Phi) is 4.82. The maximum absolute atomic E-state index is 12.5. The Hall–Kier alpha value is -1.63. The molecule has 1 aromatic rings. The van der Waals surface area contributed by atoms with Crippen LogP contribution in [0.15, 0.2) is 18.2 Å². The van der Waals surface area contributed by atoms with Crippen molar-refractivity contribution in [1.29, 1.82) is 0 Å². The fourth-order valence-electron chi connectivity index (χ4n) is 2.31. The zero-order chi connectivity index (χ0) is 15.6. The Morgan fingerprint density at radius 2 is 2.05 bits per heavy atom. The number of amides is 1. The third kappa shape index (κ3) is 3.18. The van der Waals surface area contributed by atoms with Crippen LogP contribution in [0.5, 0.6) is 5.75 Å². The van der Waals surface area contributed by atoms with Crippen molar-refractivity contribution in [2.45, 2.75) is 32.7 Å². The van der Waals surface area contributed by atoms with Crippen LogP contribution in [0.4, 0.5) is 5.69 Å². The zero-order valence-electron chi connectivity index (χ0n) is 12.2. The van der Waals surface area contributed by atoms with Gasteiger partial charge in [-0.2, -0.15) is 0 Å². The average Bonchev–Trinajstić information content (AvgIpc) is 2.48. The summed E-state index contributed by atoms with van der Waals surface area (Å²) in [7, 11) is 0. The molecule has 1 amide bonds. The fourth-order valence-corrected chi connectivity index (χ4v) is 2.31. The lowest BCUT2D eigenvalue weighted by Gasteiger charge is -2.36. The minimum Gasteiger partial charge on any atom is -0.478 e. The molecule has 1 aromatic carbocycles. The highest BCUT2D eigenvalue weighted by Crippen LogP contribution is 2.36. The lowest BCUT2D eigenvalue weighted by molar-refractivity contribution is -0.128. The number of hydrogen-bond donors (Lipinski definition) is 3. The van der Waals surface area contributed by atoms with E-state index < -0.39 is 18.8 Å². The molecule has 0 saturated heterocycles. The van der Waals surface area contributed by atoms with Gasteiger partial charge in [-0.1, -0.05) is 19.9 Å². The molecule has 2 rings (SSSR count).